The number of aromatic nitrogens is 3. The molecule has 5 atom stereocenters. The number of nitrogen functional groups attached to an aromatic ring is 1. The van der Waals surface area contributed by atoms with Gasteiger partial charge in [-0.15, -0.1) is 0 Å². The van der Waals surface area contributed by atoms with Crippen LogP contribution in [-0.4, -0.2) is 102 Å². The van der Waals surface area contributed by atoms with Crippen molar-refractivity contribution in [3.8, 4) is 0 Å². The molecule has 0 spiro atoms. The number of fused-ring (bicyclic) bond motifs is 1. The summed E-state index contributed by atoms with van der Waals surface area (Å²) in [5.41, 5.74) is 6.61. The summed E-state index contributed by atoms with van der Waals surface area (Å²) in [5.74, 6) is 2.18. The number of ether oxygens (including phenoxy) is 4. The van der Waals surface area contributed by atoms with Crippen LogP contribution < -0.4 is 5.73 Å². The van der Waals surface area contributed by atoms with E-state index in [1.165, 1.54) is 6.33 Å². The molecule has 2 aliphatic rings. The number of anilines is 1. The van der Waals surface area contributed by atoms with Gasteiger partial charge in [0, 0.05) is 30.7 Å². The highest BCUT2D eigenvalue weighted by Crippen LogP contribution is 2.48. The number of phosphoric ester groups is 1. The Morgan fingerprint density at radius 2 is 1.97 bits per heavy atom. The van der Waals surface area contributed by atoms with Crippen LogP contribution in [0, 0.1) is 5.92 Å². The smallest absolute Gasteiger partial charge is 0.394 e. The molecular formula is C23H39N4O9PS2. The van der Waals surface area contributed by atoms with Crippen molar-refractivity contribution >= 4 is 46.3 Å². The molecule has 2 aromatic heterocycles. The number of rotatable bonds is 14. The van der Waals surface area contributed by atoms with Crippen molar-refractivity contribution in [2.75, 3.05) is 70.6 Å². The van der Waals surface area contributed by atoms with E-state index in [1.807, 2.05) is 16.8 Å². The molecule has 4 N–H and O–H groups in total. The summed E-state index contributed by atoms with van der Waals surface area (Å²) in [6.45, 7) is 4.81. The monoisotopic (exact) mass is 610 g/mol. The van der Waals surface area contributed by atoms with E-state index in [1.54, 1.807) is 28.7 Å². The molecule has 4 heterocycles. The van der Waals surface area contributed by atoms with Gasteiger partial charge in [-0.1, -0.05) is 28.5 Å². The van der Waals surface area contributed by atoms with Crippen molar-refractivity contribution in [1.82, 2.24) is 14.5 Å². The summed E-state index contributed by atoms with van der Waals surface area (Å²) in [7, 11) is 0.915. The fourth-order valence-electron chi connectivity index (χ4n) is 4.01. The van der Waals surface area contributed by atoms with Crippen molar-refractivity contribution in [3.05, 3.63) is 18.6 Å². The molecule has 4 rings (SSSR count). The van der Waals surface area contributed by atoms with Gasteiger partial charge in [-0.25, -0.2) is 14.5 Å². The Hall–Kier alpha value is -0.970. The van der Waals surface area contributed by atoms with Gasteiger partial charge < -0.3 is 39.2 Å². The Morgan fingerprint density at radius 3 is 2.69 bits per heavy atom. The number of aliphatic hydroxyl groups is 1. The standard InChI is InChI=1S/C16H23N4O5PS2.C7H16O4/c1-10-6-12(7-23-26(21,22)25-11-3-5-27-28-8-11)24-16(10)20-4-2-13-14(17)18-9-19-15(13)20;1-9-4-5-11-7-6-10-3-2-8/h2,4,9-12,16H,3,5-8H2,1H3,(H,21,22)(H2,17,18,19);8H,2-7H2,1H3. The number of hydrogen-bond donors (Lipinski definition) is 3. The fourth-order valence-corrected chi connectivity index (χ4v) is 7.43. The molecular weight excluding hydrogens is 571 g/mol. The second-order valence-corrected chi connectivity index (χ2v) is 12.9. The van der Waals surface area contributed by atoms with Crippen molar-refractivity contribution < 1.29 is 42.6 Å². The summed E-state index contributed by atoms with van der Waals surface area (Å²) < 4.78 is 45.6. The van der Waals surface area contributed by atoms with Crippen molar-refractivity contribution in [3.63, 3.8) is 0 Å². The van der Waals surface area contributed by atoms with E-state index in [0.717, 1.165) is 17.6 Å². The molecule has 0 radical (unpaired) electrons. The third kappa shape index (κ3) is 10.7. The van der Waals surface area contributed by atoms with Gasteiger partial charge in [0.1, 0.15) is 24.0 Å². The van der Waals surface area contributed by atoms with Gasteiger partial charge in [-0.05, 0) is 18.9 Å². The largest absolute Gasteiger partial charge is 0.472 e. The van der Waals surface area contributed by atoms with Crippen LogP contribution >= 0.6 is 29.4 Å². The predicted molar refractivity (Wildman–Crippen MR) is 150 cm³/mol. The van der Waals surface area contributed by atoms with Gasteiger partial charge >= 0.3 is 7.82 Å². The average Bonchev–Trinajstić information content (AvgIpc) is 3.51. The van der Waals surface area contributed by atoms with Crippen molar-refractivity contribution in [2.24, 2.45) is 5.92 Å². The zero-order valence-corrected chi connectivity index (χ0v) is 24.8. The minimum atomic E-state index is -4.11. The first-order chi connectivity index (χ1) is 18.8. The van der Waals surface area contributed by atoms with E-state index in [9.17, 15) is 9.46 Å². The quantitative estimate of drug-likeness (QED) is 0.162. The molecule has 2 aliphatic heterocycles. The lowest BCUT2D eigenvalue weighted by atomic mass is 10.1. The first-order valence-corrected chi connectivity index (χ1v) is 16.7. The lowest BCUT2D eigenvalue weighted by Gasteiger charge is -2.24. The minimum Gasteiger partial charge on any atom is -0.394 e. The van der Waals surface area contributed by atoms with E-state index in [-0.39, 0.29) is 37.6 Å². The van der Waals surface area contributed by atoms with E-state index in [4.69, 9.17) is 38.8 Å². The van der Waals surface area contributed by atoms with Crippen LogP contribution in [-0.2, 0) is 32.6 Å². The van der Waals surface area contributed by atoms with Crippen LogP contribution in [0.15, 0.2) is 18.6 Å². The third-order valence-corrected chi connectivity index (χ3v) is 9.40. The van der Waals surface area contributed by atoms with Gasteiger partial charge in [-0.3, -0.25) is 9.05 Å². The van der Waals surface area contributed by atoms with E-state index >= 15 is 0 Å². The zero-order chi connectivity index (χ0) is 28.1. The summed E-state index contributed by atoms with van der Waals surface area (Å²) >= 11 is 0. The molecule has 0 bridgehead atoms. The number of hydrogen-bond acceptors (Lipinski definition) is 13. The molecule has 13 nitrogen and oxygen atoms in total. The van der Waals surface area contributed by atoms with E-state index in [0.29, 0.717) is 56.7 Å². The summed E-state index contributed by atoms with van der Waals surface area (Å²) in [5, 5.41) is 9.09. The Bertz CT molecular complexity index is 1020. The Balaban J connectivity index is 0.000000325. The van der Waals surface area contributed by atoms with Gasteiger partial charge in [0.05, 0.1) is 63.8 Å². The molecule has 222 valence electrons. The average molecular weight is 611 g/mol. The predicted octanol–water partition coefficient (Wildman–Crippen LogP) is 2.88. The maximum absolute atomic E-state index is 12.2. The molecule has 2 fully saturated rings. The summed E-state index contributed by atoms with van der Waals surface area (Å²) in [6, 6.07) is 1.86. The van der Waals surface area contributed by atoms with E-state index < -0.39 is 7.82 Å². The Morgan fingerprint density at radius 1 is 1.21 bits per heavy atom. The van der Waals surface area contributed by atoms with Crippen LogP contribution in [0.3, 0.4) is 0 Å². The van der Waals surface area contributed by atoms with Gasteiger partial charge in [0.25, 0.3) is 0 Å². The number of methoxy groups -OCH3 is 1. The maximum Gasteiger partial charge on any atom is 0.472 e. The van der Waals surface area contributed by atoms with Crippen LogP contribution in [0.25, 0.3) is 11.0 Å². The molecule has 0 aromatic carbocycles. The minimum absolute atomic E-state index is 0.000442. The van der Waals surface area contributed by atoms with Gasteiger partial charge in [-0.2, -0.15) is 0 Å². The maximum atomic E-state index is 12.2. The molecule has 0 aliphatic carbocycles. The Kier molecular flexibility index (Phi) is 14.3. The normalized spacial score (nSPS) is 24.8. The van der Waals surface area contributed by atoms with Crippen LogP contribution in [0.4, 0.5) is 5.82 Å². The molecule has 0 amide bonds. The number of nitrogens with two attached hydrogens (primary N) is 1. The highest BCUT2D eigenvalue weighted by atomic mass is 33.1. The second-order valence-electron chi connectivity index (χ2n) is 8.91. The topological polar surface area (TPSA) is 170 Å². The summed E-state index contributed by atoms with van der Waals surface area (Å²) in [4.78, 5) is 18.3. The van der Waals surface area contributed by atoms with Crippen molar-refractivity contribution in [1.29, 1.82) is 0 Å². The lowest BCUT2D eigenvalue weighted by molar-refractivity contribution is -0.0315. The van der Waals surface area contributed by atoms with Crippen LogP contribution in [0.2, 0.25) is 0 Å². The second kappa shape index (κ2) is 17.1. The van der Waals surface area contributed by atoms with Gasteiger partial charge in [0.2, 0.25) is 0 Å². The Labute approximate surface area is 236 Å². The van der Waals surface area contributed by atoms with Gasteiger partial charge in [0.15, 0.2) is 0 Å². The zero-order valence-electron chi connectivity index (χ0n) is 22.3. The molecule has 16 heteroatoms. The number of phosphoric acid groups is 1. The SMILES string of the molecule is CC1CC(COP(=O)(O)OC2CCSSC2)OC1n1ccc2c(N)ncnc21.COCCOCCOCCO. The summed E-state index contributed by atoms with van der Waals surface area (Å²) in [6.07, 6.45) is 3.92. The number of nitrogens with zero attached hydrogens (tertiary/aromatic N) is 3. The van der Waals surface area contributed by atoms with Crippen molar-refractivity contribution in [2.45, 2.75) is 38.2 Å². The van der Waals surface area contributed by atoms with E-state index in [2.05, 4.69) is 16.9 Å². The lowest BCUT2D eigenvalue weighted by Crippen LogP contribution is -2.21. The highest BCUT2D eigenvalue weighted by Gasteiger charge is 2.37. The first-order valence-electron chi connectivity index (χ1n) is 12.7. The van der Waals surface area contributed by atoms with Crippen LogP contribution in [0.1, 0.15) is 26.0 Å². The molecule has 2 saturated heterocycles. The molecule has 39 heavy (non-hydrogen) atoms. The highest BCUT2D eigenvalue weighted by molar-refractivity contribution is 8.76. The third-order valence-electron chi connectivity index (χ3n) is 5.87. The molecule has 0 saturated carbocycles. The first kappa shape index (κ1) is 32.5. The fraction of sp³-hybridized carbons (Fsp3) is 0.739. The number of aliphatic hydroxyl groups excluding tert-OH is 1. The molecule has 2 aromatic rings. The molecule has 5 unspecified atom stereocenters. The van der Waals surface area contributed by atoms with Crippen LogP contribution in [0.5, 0.6) is 0 Å².